The second-order valence-corrected chi connectivity index (χ2v) is 7.19. The van der Waals surface area contributed by atoms with Gasteiger partial charge in [-0.25, -0.2) is 0 Å². The number of likely N-dealkylation sites (tertiary alicyclic amines) is 1. The molecule has 2 aliphatic heterocycles. The molecule has 3 atom stereocenters. The van der Waals surface area contributed by atoms with E-state index in [1.807, 2.05) is 4.90 Å². The number of nitrogens with zero attached hydrogens (tertiary/aromatic N) is 1. The maximum Gasteiger partial charge on any atom is 0.223 e. The number of rotatable bonds is 4. The van der Waals surface area contributed by atoms with Crippen LogP contribution in [0, 0.1) is 11.3 Å². The van der Waals surface area contributed by atoms with E-state index in [0.29, 0.717) is 30.4 Å². The average molecular weight is 280 g/mol. The summed E-state index contributed by atoms with van der Waals surface area (Å²) in [5.74, 6) is 0.989. The molecule has 1 amide bonds. The molecule has 2 saturated heterocycles. The van der Waals surface area contributed by atoms with Crippen LogP contribution in [0.2, 0.25) is 0 Å². The molecule has 3 rings (SSSR count). The topological polar surface area (TPSA) is 41.6 Å². The number of nitrogens with one attached hydrogen (secondary N) is 1. The quantitative estimate of drug-likeness (QED) is 0.853. The molecule has 4 heteroatoms. The minimum Gasteiger partial charge on any atom is -0.377 e. The van der Waals surface area contributed by atoms with Crippen molar-refractivity contribution in [2.24, 2.45) is 11.3 Å². The fraction of sp³-hybridized carbons (Fsp3) is 0.938. The predicted octanol–water partition coefficient (Wildman–Crippen LogP) is 1.79. The molecule has 3 fully saturated rings. The van der Waals surface area contributed by atoms with Crippen molar-refractivity contribution < 1.29 is 9.53 Å². The van der Waals surface area contributed by atoms with Crippen LogP contribution in [0.15, 0.2) is 0 Å². The number of ether oxygens (including phenoxy) is 1. The van der Waals surface area contributed by atoms with Crippen LogP contribution in [-0.2, 0) is 9.53 Å². The number of fused-ring (bicyclic) bond motifs is 1. The lowest BCUT2D eigenvalue weighted by Gasteiger charge is -2.55. The lowest BCUT2D eigenvalue weighted by atomic mass is 9.57. The zero-order valence-corrected chi connectivity index (χ0v) is 12.9. The van der Waals surface area contributed by atoms with Gasteiger partial charge >= 0.3 is 0 Å². The largest absolute Gasteiger partial charge is 0.377 e. The Balaban J connectivity index is 1.42. The summed E-state index contributed by atoms with van der Waals surface area (Å²) in [6, 6.07) is 0.518. The second kappa shape index (κ2) is 5.64. The molecule has 3 aliphatic rings. The Morgan fingerprint density at radius 1 is 1.30 bits per heavy atom. The minimum absolute atomic E-state index is 0.218. The molecule has 0 bridgehead atoms. The first-order valence-electron chi connectivity index (χ1n) is 8.23. The van der Waals surface area contributed by atoms with Gasteiger partial charge in [-0.3, -0.25) is 4.79 Å². The van der Waals surface area contributed by atoms with Crippen LogP contribution in [0.1, 0.15) is 46.0 Å². The normalized spacial score (nSPS) is 35.5. The summed E-state index contributed by atoms with van der Waals surface area (Å²) in [5, 5.41) is 3.62. The molecule has 1 N–H and O–H groups in total. The fourth-order valence-corrected chi connectivity index (χ4v) is 4.37. The highest BCUT2D eigenvalue weighted by Gasteiger charge is 2.58. The standard InChI is InChI=1S/C16H28N2O2/c1-16(2)14(12-7-11-20-15(12)16)17-8-6-13(19)18-9-4-3-5-10-18/h12,14-15,17H,3-11H2,1-2H3. The lowest BCUT2D eigenvalue weighted by Crippen LogP contribution is -2.66. The van der Waals surface area contributed by atoms with Crippen LogP contribution in [0.25, 0.3) is 0 Å². The Morgan fingerprint density at radius 2 is 2.05 bits per heavy atom. The SMILES string of the molecule is CC1(C)C(NCCC(=O)N2CCCCC2)C2CCOC21. The van der Waals surface area contributed by atoms with Crippen LogP contribution >= 0.6 is 0 Å². The summed E-state index contributed by atoms with van der Waals surface area (Å²) < 4.78 is 5.80. The number of hydrogen-bond donors (Lipinski definition) is 1. The Bertz CT molecular complexity index is 363. The van der Waals surface area contributed by atoms with Crippen molar-refractivity contribution in [3.63, 3.8) is 0 Å². The monoisotopic (exact) mass is 280 g/mol. The molecule has 0 spiro atoms. The zero-order chi connectivity index (χ0) is 14.2. The Hall–Kier alpha value is -0.610. The Kier molecular flexibility index (Phi) is 4.04. The highest BCUT2D eigenvalue weighted by atomic mass is 16.5. The molecule has 0 aromatic heterocycles. The first-order valence-corrected chi connectivity index (χ1v) is 8.23. The van der Waals surface area contributed by atoms with Gasteiger partial charge < -0.3 is 15.0 Å². The molecule has 0 aromatic carbocycles. The first-order chi connectivity index (χ1) is 9.60. The van der Waals surface area contributed by atoms with Crippen LogP contribution in [-0.4, -0.2) is 49.2 Å². The third-order valence-electron chi connectivity index (χ3n) is 5.51. The van der Waals surface area contributed by atoms with Gasteiger partial charge in [0.15, 0.2) is 0 Å². The maximum atomic E-state index is 12.1. The molecule has 0 aromatic rings. The van der Waals surface area contributed by atoms with Crippen molar-refractivity contribution in [3.05, 3.63) is 0 Å². The van der Waals surface area contributed by atoms with Gasteiger partial charge in [-0.1, -0.05) is 13.8 Å². The van der Waals surface area contributed by atoms with E-state index in [9.17, 15) is 4.79 Å². The summed E-state index contributed by atoms with van der Waals surface area (Å²) in [4.78, 5) is 14.2. The van der Waals surface area contributed by atoms with E-state index in [-0.39, 0.29) is 5.41 Å². The zero-order valence-electron chi connectivity index (χ0n) is 12.9. The van der Waals surface area contributed by atoms with Gasteiger partial charge in [0.25, 0.3) is 0 Å². The van der Waals surface area contributed by atoms with E-state index in [2.05, 4.69) is 19.2 Å². The van der Waals surface area contributed by atoms with Gasteiger partial charge in [0, 0.05) is 50.0 Å². The Labute approximate surface area is 122 Å². The fourth-order valence-electron chi connectivity index (χ4n) is 4.37. The van der Waals surface area contributed by atoms with Gasteiger partial charge in [-0.05, 0) is 25.7 Å². The van der Waals surface area contributed by atoms with Crippen molar-refractivity contribution >= 4 is 5.91 Å². The van der Waals surface area contributed by atoms with Crippen molar-refractivity contribution in [1.82, 2.24) is 10.2 Å². The molecular weight excluding hydrogens is 252 g/mol. The van der Waals surface area contributed by atoms with E-state index in [1.54, 1.807) is 0 Å². The summed E-state index contributed by atoms with van der Waals surface area (Å²) in [7, 11) is 0. The van der Waals surface area contributed by atoms with Gasteiger partial charge in [0.2, 0.25) is 5.91 Å². The van der Waals surface area contributed by atoms with Crippen molar-refractivity contribution in [2.75, 3.05) is 26.2 Å². The number of carbonyl (C=O) groups is 1. The molecule has 1 aliphatic carbocycles. The van der Waals surface area contributed by atoms with E-state index >= 15 is 0 Å². The minimum atomic E-state index is 0.218. The van der Waals surface area contributed by atoms with E-state index in [4.69, 9.17) is 4.74 Å². The van der Waals surface area contributed by atoms with Crippen molar-refractivity contribution in [2.45, 2.75) is 58.1 Å². The summed E-state index contributed by atoms with van der Waals surface area (Å²) in [5.41, 5.74) is 0.218. The molecule has 1 saturated carbocycles. The molecule has 4 nitrogen and oxygen atoms in total. The second-order valence-electron chi connectivity index (χ2n) is 7.19. The highest BCUT2D eigenvalue weighted by molar-refractivity contribution is 5.76. The summed E-state index contributed by atoms with van der Waals surface area (Å²) >= 11 is 0. The average Bonchev–Trinajstić information content (AvgIpc) is 2.91. The lowest BCUT2D eigenvalue weighted by molar-refractivity contribution is -0.133. The van der Waals surface area contributed by atoms with Crippen LogP contribution in [0.3, 0.4) is 0 Å². The molecular formula is C16H28N2O2. The maximum absolute atomic E-state index is 12.1. The van der Waals surface area contributed by atoms with Crippen molar-refractivity contribution in [3.8, 4) is 0 Å². The summed E-state index contributed by atoms with van der Waals surface area (Å²) in [6.45, 7) is 8.21. The van der Waals surface area contributed by atoms with Crippen LogP contribution in [0.5, 0.6) is 0 Å². The molecule has 3 unspecified atom stereocenters. The van der Waals surface area contributed by atoms with Gasteiger partial charge in [-0.15, -0.1) is 0 Å². The highest BCUT2D eigenvalue weighted by Crippen LogP contribution is 2.51. The third-order valence-corrected chi connectivity index (χ3v) is 5.51. The summed E-state index contributed by atoms with van der Waals surface area (Å²) in [6.07, 6.45) is 5.88. The van der Waals surface area contributed by atoms with Gasteiger partial charge in [-0.2, -0.15) is 0 Å². The van der Waals surface area contributed by atoms with Crippen LogP contribution < -0.4 is 5.32 Å². The first kappa shape index (κ1) is 14.3. The molecule has 2 heterocycles. The smallest absolute Gasteiger partial charge is 0.223 e. The number of hydrogen-bond acceptors (Lipinski definition) is 3. The molecule has 0 radical (unpaired) electrons. The number of carbonyl (C=O) groups excluding carboxylic acids is 1. The van der Waals surface area contributed by atoms with E-state index in [0.717, 1.165) is 26.2 Å². The van der Waals surface area contributed by atoms with Gasteiger partial charge in [0.1, 0.15) is 0 Å². The molecule has 20 heavy (non-hydrogen) atoms. The van der Waals surface area contributed by atoms with E-state index in [1.165, 1.54) is 25.7 Å². The number of amides is 1. The Morgan fingerprint density at radius 3 is 2.80 bits per heavy atom. The van der Waals surface area contributed by atoms with Gasteiger partial charge in [0.05, 0.1) is 6.10 Å². The third kappa shape index (κ3) is 2.48. The predicted molar refractivity (Wildman–Crippen MR) is 78.5 cm³/mol. The molecule has 114 valence electrons. The van der Waals surface area contributed by atoms with Crippen molar-refractivity contribution in [1.29, 1.82) is 0 Å². The van der Waals surface area contributed by atoms with Crippen LogP contribution in [0.4, 0.5) is 0 Å². The van der Waals surface area contributed by atoms with E-state index < -0.39 is 0 Å². The number of piperidine rings is 1.